The summed E-state index contributed by atoms with van der Waals surface area (Å²) in [7, 11) is 1.88. The normalized spacial score (nSPS) is 9.62. The maximum atomic E-state index is 11.4. The van der Waals surface area contributed by atoms with Gasteiger partial charge < -0.3 is 10.6 Å². The third-order valence-electron chi connectivity index (χ3n) is 1.98. The summed E-state index contributed by atoms with van der Waals surface area (Å²) in [6, 6.07) is 0. The topological polar surface area (TPSA) is 54.0 Å². The first-order valence-corrected chi connectivity index (χ1v) is 5.97. The number of rotatable bonds is 6. The van der Waals surface area contributed by atoms with Gasteiger partial charge in [-0.05, 0) is 26.4 Å². The third-order valence-corrected chi connectivity index (χ3v) is 3.04. The fourth-order valence-corrected chi connectivity index (χ4v) is 1.90. The van der Waals surface area contributed by atoms with Gasteiger partial charge in [0, 0.05) is 17.5 Å². The van der Waals surface area contributed by atoms with Gasteiger partial charge in [0.1, 0.15) is 0 Å². The van der Waals surface area contributed by atoms with Gasteiger partial charge in [0.05, 0.1) is 0 Å². The monoisotopic (exact) mass is 263 g/mol. The molecule has 0 spiro atoms. The average Bonchev–Trinajstić information content (AvgIpc) is 2.66. The number of amides is 1. The Morgan fingerprint density at radius 2 is 2.31 bits per heavy atom. The smallest absolute Gasteiger partial charge is 0.226 e. The standard InChI is InChI=1S/C10H17N3OS.ClH/c1-3-8-7-12-10(15-8)13-9(14)5-4-6-11-2;/h7,11H,3-6H2,1-2H3,(H,12,13,14);1H. The van der Waals surface area contributed by atoms with Crippen LogP contribution >= 0.6 is 23.7 Å². The summed E-state index contributed by atoms with van der Waals surface area (Å²) in [5.41, 5.74) is 0. The first-order valence-electron chi connectivity index (χ1n) is 5.15. The number of anilines is 1. The maximum absolute atomic E-state index is 11.4. The average molecular weight is 264 g/mol. The fraction of sp³-hybridized carbons (Fsp3) is 0.600. The van der Waals surface area contributed by atoms with E-state index in [0.717, 1.165) is 19.4 Å². The van der Waals surface area contributed by atoms with E-state index in [1.54, 1.807) is 11.3 Å². The zero-order valence-corrected chi connectivity index (χ0v) is 11.2. The van der Waals surface area contributed by atoms with Crippen LogP contribution in [0.5, 0.6) is 0 Å². The van der Waals surface area contributed by atoms with Crippen LogP contribution in [0.2, 0.25) is 0 Å². The summed E-state index contributed by atoms with van der Waals surface area (Å²) in [6.45, 7) is 2.94. The molecule has 0 radical (unpaired) electrons. The molecule has 0 saturated carbocycles. The quantitative estimate of drug-likeness (QED) is 0.773. The second kappa shape index (κ2) is 8.50. The number of nitrogens with one attached hydrogen (secondary N) is 2. The van der Waals surface area contributed by atoms with Gasteiger partial charge >= 0.3 is 0 Å². The predicted molar refractivity (Wildman–Crippen MR) is 70.5 cm³/mol. The lowest BCUT2D eigenvalue weighted by Crippen LogP contribution is -2.14. The van der Waals surface area contributed by atoms with Crippen LogP contribution in [0.1, 0.15) is 24.6 Å². The molecule has 0 aromatic carbocycles. The Morgan fingerprint density at radius 3 is 2.88 bits per heavy atom. The molecule has 1 amide bonds. The first kappa shape index (κ1) is 15.3. The Morgan fingerprint density at radius 1 is 1.56 bits per heavy atom. The van der Waals surface area contributed by atoms with Gasteiger partial charge in [-0.1, -0.05) is 6.92 Å². The van der Waals surface area contributed by atoms with Gasteiger partial charge in [0.25, 0.3) is 0 Å². The van der Waals surface area contributed by atoms with E-state index in [2.05, 4.69) is 22.5 Å². The summed E-state index contributed by atoms with van der Waals surface area (Å²) in [4.78, 5) is 16.7. The highest BCUT2D eigenvalue weighted by Crippen LogP contribution is 2.18. The molecular formula is C10H18ClN3OS. The Labute approximate surface area is 106 Å². The lowest BCUT2D eigenvalue weighted by atomic mass is 10.3. The van der Waals surface area contributed by atoms with Crippen molar-refractivity contribution < 1.29 is 4.79 Å². The van der Waals surface area contributed by atoms with E-state index >= 15 is 0 Å². The largest absolute Gasteiger partial charge is 0.320 e. The number of carbonyl (C=O) groups is 1. The molecule has 1 rings (SSSR count). The first-order chi connectivity index (χ1) is 7.26. The van der Waals surface area contributed by atoms with Crippen molar-refractivity contribution in [3.8, 4) is 0 Å². The van der Waals surface area contributed by atoms with Crippen molar-refractivity contribution in [2.45, 2.75) is 26.2 Å². The highest BCUT2D eigenvalue weighted by atomic mass is 35.5. The van der Waals surface area contributed by atoms with Gasteiger partial charge in [0.2, 0.25) is 5.91 Å². The zero-order valence-electron chi connectivity index (χ0n) is 9.58. The summed E-state index contributed by atoms with van der Waals surface area (Å²) in [5, 5.41) is 6.51. The highest BCUT2D eigenvalue weighted by molar-refractivity contribution is 7.15. The van der Waals surface area contributed by atoms with Crippen LogP contribution in [-0.4, -0.2) is 24.5 Å². The minimum atomic E-state index is 0. The zero-order chi connectivity index (χ0) is 11.1. The van der Waals surface area contributed by atoms with Crippen LogP contribution < -0.4 is 10.6 Å². The SMILES string of the molecule is CCc1cnc(NC(=O)CCCNC)s1.Cl. The molecular weight excluding hydrogens is 246 g/mol. The summed E-state index contributed by atoms with van der Waals surface area (Å²) >= 11 is 1.54. The molecule has 1 heterocycles. The number of hydrogen-bond donors (Lipinski definition) is 2. The number of carbonyl (C=O) groups excluding carboxylic acids is 1. The molecule has 1 aromatic heterocycles. The van der Waals surface area contributed by atoms with E-state index < -0.39 is 0 Å². The predicted octanol–water partition coefficient (Wildman–Crippen LogP) is 2.07. The number of hydrogen-bond acceptors (Lipinski definition) is 4. The molecule has 4 nitrogen and oxygen atoms in total. The molecule has 0 atom stereocenters. The van der Waals surface area contributed by atoms with Gasteiger partial charge in [0.15, 0.2) is 5.13 Å². The fourth-order valence-electron chi connectivity index (χ4n) is 1.14. The molecule has 92 valence electrons. The number of nitrogens with zero attached hydrogens (tertiary/aromatic N) is 1. The van der Waals surface area contributed by atoms with E-state index in [-0.39, 0.29) is 18.3 Å². The van der Waals surface area contributed by atoms with Gasteiger partial charge in [-0.15, -0.1) is 23.7 Å². The van der Waals surface area contributed by atoms with Crippen molar-refractivity contribution in [2.75, 3.05) is 18.9 Å². The molecule has 0 aliphatic carbocycles. The van der Waals surface area contributed by atoms with E-state index in [4.69, 9.17) is 0 Å². The van der Waals surface area contributed by atoms with E-state index in [1.807, 2.05) is 13.2 Å². The van der Waals surface area contributed by atoms with Gasteiger partial charge in [-0.25, -0.2) is 4.98 Å². The minimum Gasteiger partial charge on any atom is -0.320 e. The minimum absolute atomic E-state index is 0. The van der Waals surface area contributed by atoms with Gasteiger partial charge in [-0.3, -0.25) is 4.79 Å². The maximum Gasteiger partial charge on any atom is 0.226 e. The number of thiazole rings is 1. The Hall–Kier alpha value is -0.650. The van der Waals surface area contributed by atoms with Crippen molar-refractivity contribution in [1.82, 2.24) is 10.3 Å². The lowest BCUT2D eigenvalue weighted by molar-refractivity contribution is -0.116. The van der Waals surface area contributed by atoms with Crippen molar-refractivity contribution in [1.29, 1.82) is 0 Å². The van der Waals surface area contributed by atoms with Crippen LogP contribution in [0.25, 0.3) is 0 Å². The van der Waals surface area contributed by atoms with E-state index in [1.165, 1.54) is 4.88 Å². The molecule has 1 aromatic rings. The van der Waals surface area contributed by atoms with Crippen LogP contribution in [0, 0.1) is 0 Å². The van der Waals surface area contributed by atoms with Crippen LogP contribution in [0.15, 0.2) is 6.20 Å². The van der Waals surface area contributed by atoms with Crippen molar-refractivity contribution in [3.05, 3.63) is 11.1 Å². The molecule has 0 unspecified atom stereocenters. The van der Waals surface area contributed by atoms with E-state index in [9.17, 15) is 4.79 Å². The number of aryl methyl sites for hydroxylation is 1. The molecule has 0 bridgehead atoms. The number of aromatic nitrogens is 1. The van der Waals surface area contributed by atoms with Crippen LogP contribution in [-0.2, 0) is 11.2 Å². The summed E-state index contributed by atoms with van der Waals surface area (Å²) in [5.74, 6) is 0.0438. The lowest BCUT2D eigenvalue weighted by Gasteiger charge is -2.00. The molecule has 0 aliphatic rings. The molecule has 2 N–H and O–H groups in total. The highest BCUT2D eigenvalue weighted by Gasteiger charge is 2.05. The second-order valence-electron chi connectivity index (χ2n) is 3.24. The molecule has 0 fully saturated rings. The van der Waals surface area contributed by atoms with Crippen molar-refractivity contribution in [2.24, 2.45) is 0 Å². The summed E-state index contributed by atoms with van der Waals surface area (Å²) < 4.78 is 0. The van der Waals surface area contributed by atoms with Crippen LogP contribution in [0.3, 0.4) is 0 Å². The third kappa shape index (κ3) is 5.44. The second-order valence-corrected chi connectivity index (χ2v) is 4.36. The van der Waals surface area contributed by atoms with Crippen molar-refractivity contribution >= 4 is 34.8 Å². The number of halogens is 1. The Kier molecular flexibility index (Phi) is 8.15. The summed E-state index contributed by atoms with van der Waals surface area (Å²) in [6.07, 6.45) is 4.18. The van der Waals surface area contributed by atoms with Gasteiger partial charge in [-0.2, -0.15) is 0 Å². The molecule has 16 heavy (non-hydrogen) atoms. The molecule has 0 aliphatic heterocycles. The van der Waals surface area contributed by atoms with Crippen LogP contribution in [0.4, 0.5) is 5.13 Å². The molecule has 6 heteroatoms. The van der Waals surface area contributed by atoms with E-state index in [0.29, 0.717) is 11.6 Å². The van der Waals surface area contributed by atoms with Crippen molar-refractivity contribution in [3.63, 3.8) is 0 Å². The Bertz CT molecular complexity index is 317. The molecule has 0 saturated heterocycles. The Balaban J connectivity index is 0.00000225.